The van der Waals surface area contributed by atoms with Gasteiger partial charge in [-0.3, -0.25) is 19.2 Å². The van der Waals surface area contributed by atoms with Crippen molar-refractivity contribution in [2.45, 2.75) is 13.3 Å². The molecule has 0 N–H and O–H groups in total. The van der Waals surface area contributed by atoms with Gasteiger partial charge in [-0.05, 0) is 43.2 Å². The first-order valence-electron chi connectivity index (χ1n) is 8.81. The maximum absolute atomic E-state index is 12.4. The fourth-order valence-electron chi connectivity index (χ4n) is 3.03. The lowest BCUT2D eigenvalue weighted by atomic mass is 10.1. The van der Waals surface area contributed by atoms with E-state index in [1.54, 1.807) is 19.1 Å². The molecule has 0 aliphatic carbocycles. The molecule has 0 unspecified atom stereocenters. The van der Waals surface area contributed by atoms with Gasteiger partial charge in [-0.1, -0.05) is 6.07 Å². The topological polar surface area (TPSA) is 124 Å². The molecule has 1 aliphatic heterocycles. The predicted octanol–water partition coefficient (Wildman–Crippen LogP) is 2.35. The van der Waals surface area contributed by atoms with Gasteiger partial charge in [0.1, 0.15) is 0 Å². The molecule has 0 saturated heterocycles. The molecule has 0 aromatic heterocycles. The number of non-ortho nitro benzene ring substituents is 1. The number of hydrogen-bond acceptors (Lipinski definition) is 7. The number of Topliss-reactive ketones (excluding diaryl/α,β-unsaturated/α-hetero) is 1. The second kappa shape index (κ2) is 8.00. The minimum atomic E-state index is -3.38. The number of carbonyl (C=O) groups is 2. The number of nitro groups is 1. The molecule has 29 heavy (non-hydrogen) atoms. The summed E-state index contributed by atoms with van der Waals surface area (Å²) in [5, 5.41) is 10.8. The fourth-order valence-corrected chi connectivity index (χ4v) is 4.19. The highest BCUT2D eigenvalue weighted by molar-refractivity contribution is 7.92. The van der Waals surface area contributed by atoms with Gasteiger partial charge in [-0.25, -0.2) is 13.2 Å². The average molecular weight is 418 g/mol. The van der Waals surface area contributed by atoms with Crippen LogP contribution in [0.1, 0.15) is 33.2 Å². The summed E-state index contributed by atoms with van der Waals surface area (Å²) in [7, 11) is -3.38. The largest absolute Gasteiger partial charge is 0.454 e. The number of fused-ring (bicyclic) bond motifs is 1. The van der Waals surface area contributed by atoms with Gasteiger partial charge in [0.15, 0.2) is 12.4 Å². The van der Waals surface area contributed by atoms with E-state index in [2.05, 4.69) is 0 Å². The Bertz CT molecular complexity index is 1100. The zero-order valence-corrected chi connectivity index (χ0v) is 16.3. The Morgan fingerprint density at radius 3 is 2.62 bits per heavy atom. The van der Waals surface area contributed by atoms with Crippen LogP contribution < -0.4 is 4.31 Å². The molecule has 0 bridgehead atoms. The molecule has 1 aliphatic rings. The van der Waals surface area contributed by atoms with E-state index < -0.39 is 33.3 Å². The van der Waals surface area contributed by atoms with Crippen molar-refractivity contribution >= 4 is 33.2 Å². The van der Waals surface area contributed by atoms with Gasteiger partial charge in [0, 0.05) is 24.2 Å². The number of ketones is 1. The molecule has 0 radical (unpaired) electrons. The van der Waals surface area contributed by atoms with Crippen molar-refractivity contribution in [3.63, 3.8) is 0 Å². The highest BCUT2D eigenvalue weighted by atomic mass is 32.2. The van der Waals surface area contributed by atoms with Crippen molar-refractivity contribution in [2.24, 2.45) is 0 Å². The van der Waals surface area contributed by atoms with Crippen LogP contribution in [0.3, 0.4) is 0 Å². The van der Waals surface area contributed by atoms with Crippen LogP contribution in [0.25, 0.3) is 0 Å². The number of nitro benzene ring substituents is 1. The second-order valence-electron chi connectivity index (χ2n) is 6.37. The first-order chi connectivity index (χ1) is 13.7. The summed E-state index contributed by atoms with van der Waals surface area (Å²) in [4.78, 5) is 34.6. The lowest BCUT2D eigenvalue weighted by Crippen LogP contribution is -2.30. The lowest BCUT2D eigenvalue weighted by Gasteiger charge is -2.18. The maximum Gasteiger partial charge on any atom is 0.338 e. The van der Waals surface area contributed by atoms with Crippen molar-refractivity contribution in [3.8, 4) is 0 Å². The first kappa shape index (κ1) is 20.5. The molecule has 2 aromatic carbocycles. The number of carbonyl (C=O) groups excluding carboxylic acids is 2. The van der Waals surface area contributed by atoms with Crippen molar-refractivity contribution in [3.05, 3.63) is 69.3 Å². The van der Waals surface area contributed by atoms with Crippen molar-refractivity contribution < 1.29 is 27.7 Å². The number of rotatable bonds is 7. The molecular formula is C19H18N2O7S. The van der Waals surface area contributed by atoms with E-state index in [1.807, 2.05) is 0 Å². The Kier molecular flexibility index (Phi) is 5.64. The zero-order chi connectivity index (χ0) is 21.2. The monoisotopic (exact) mass is 418 g/mol. The van der Waals surface area contributed by atoms with Crippen LogP contribution in [-0.4, -0.2) is 44.0 Å². The molecule has 152 valence electrons. The molecule has 2 aromatic rings. The molecule has 10 heteroatoms. The SMILES string of the molecule is CCS(=O)(=O)N1CCc2cc(C(=O)COC(=O)c3cccc([N+](=O)[O-])c3)ccc21. The third-order valence-corrected chi connectivity index (χ3v) is 6.36. The van der Waals surface area contributed by atoms with Gasteiger partial charge in [0.05, 0.1) is 21.9 Å². The Morgan fingerprint density at radius 2 is 1.93 bits per heavy atom. The molecule has 0 amide bonds. The van der Waals surface area contributed by atoms with Crippen LogP contribution in [0.2, 0.25) is 0 Å². The predicted molar refractivity (Wildman–Crippen MR) is 105 cm³/mol. The molecule has 0 atom stereocenters. The molecule has 0 saturated carbocycles. The Balaban J connectivity index is 1.69. The average Bonchev–Trinajstić information content (AvgIpc) is 3.15. The number of hydrogen-bond donors (Lipinski definition) is 0. The molecule has 9 nitrogen and oxygen atoms in total. The first-order valence-corrected chi connectivity index (χ1v) is 10.4. The number of sulfonamides is 1. The summed E-state index contributed by atoms with van der Waals surface area (Å²) in [5.74, 6) is -1.31. The molecule has 1 heterocycles. The Hall–Kier alpha value is -3.27. The van der Waals surface area contributed by atoms with Crippen LogP contribution >= 0.6 is 0 Å². The van der Waals surface area contributed by atoms with E-state index >= 15 is 0 Å². The van der Waals surface area contributed by atoms with Gasteiger partial charge in [-0.2, -0.15) is 0 Å². The summed E-state index contributed by atoms with van der Waals surface area (Å²) in [6.45, 7) is 1.36. The van der Waals surface area contributed by atoms with Crippen LogP contribution in [-0.2, 0) is 21.2 Å². The number of benzene rings is 2. The lowest BCUT2D eigenvalue weighted by molar-refractivity contribution is -0.384. The molecule has 0 fully saturated rings. The standard InChI is InChI=1S/C19H18N2O7S/c1-2-29(26,27)20-9-8-13-10-14(6-7-17(13)20)18(22)12-28-19(23)15-4-3-5-16(11-15)21(24)25/h3-7,10-11H,2,8-9,12H2,1H3. The number of ether oxygens (including phenoxy) is 1. The van der Waals surface area contributed by atoms with Crippen LogP contribution in [0.15, 0.2) is 42.5 Å². The van der Waals surface area contributed by atoms with E-state index in [1.165, 1.54) is 28.6 Å². The van der Waals surface area contributed by atoms with Gasteiger partial charge in [-0.15, -0.1) is 0 Å². The summed E-state index contributed by atoms with van der Waals surface area (Å²) in [6.07, 6.45) is 0.489. The number of nitrogens with zero attached hydrogens (tertiary/aromatic N) is 2. The highest BCUT2D eigenvalue weighted by Crippen LogP contribution is 2.31. The number of anilines is 1. The van der Waals surface area contributed by atoms with Crippen molar-refractivity contribution in [1.82, 2.24) is 0 Å². The summed E-state index contributed by atoms with van der Waals surface area (Å²) < 4.78 is 30.5. The van der Waals surface area contributed by atoms with Crippen LogP contribution in [0.4, 0.5) is 11.4 Å². The van der Waals surface area contributed by atoms with Crippen LogP contribution in [0.5, 0.6) is 0 Å². The van der Waals surface area contributed by atoms with Crippen LogP contribution in [0, 0.1) is 10.1 Å². The highest BCUT2D eigenvalue weighted by Gasteiger charge is 2.28. The van der Waals surface area contributed by atoms with E-state index in [-0.39, 0.29) is 17.0 Å². The van der Waals surface area contributed by atoms with Gasteiger partial charge in [0.25, 0.3) is 5.69 Å². The van der Waals surface area contributed by atoms with Gasteiger partial charge in [0.2, 0.25) is 10.0 Å². The third-order valence-electron chi connectivity index (χ3n) is 4.58. The number of esters is 1. The Labute approximate surface area is 167 Å². The van der Waals surface area contributed by atoms with E-state index in [4.69, 9.17) is 4.74 Å². The molecule has 3 rings (SSSR count). The minimum absolute atomic E-state index is 0.0132. The minimum Gasteiger partial charge on any atom is -0.454 e. The maximum atomic E-state index is 12.4. The van der Waals surface area contributed by atoms with Crippen molar-refractivity contribution in [1.29, 1.82) is 0 Å². The van der Waals surface area contributed by atoms with E-state index in [0.717, 1.165) is 11.6 Å². The summed E-state index contributed by atoms with van der Waals surface area (Å²) in [6, 6.07) is 9.70. The fraction of sp³-hybridized carbons (Fsp3) is 0.263. The van der Waals surface area contributed by atoms with Gasteiger partial charge >= 0.3 is 5.97 Å². The normalized spacial score (nSPS) is 13.1. The van der Waals surface area contributed by atoms with Crippen molar-refractivity contribution in [2.75, 3.05) is 23.2 Å². The quantitative estimate of drug-likeness (QED) is 0.292. The van der Waals surface area contributed by atoms with E-state index in [9.17, 15) is 28.1 Å². The van der Waals surface area contributed by atoms with E-state index in [0.29, 0.717) is 24.2 Å². The van der Waals surface area contributed by atoms with Gasteiger partial charge < -0.3 is 4.74 Å². The molecular weight excluding hydrogens is 400 g/mol. The molecule has 0 spiro atoms. The second-order valence-corrected chi connectivity index (χ2v) is 8.55. The Morgan fingerprint density at radius 1 is 1.17 bits per heavy atom. The smallest absolute Gasteiger partial charge is 0.338 e. The summed E-state index contributed by atoms with van der Waals surface area (Å²) in [5.41, 5.74) is 1.30. The zero-order valence-electron chi connectivity index (χ0n) is 15.5. The third kappa shape index (κ3) is 4.27. The summed E-state index contributed by atoms with van der Waals surface area (Å²) >= 11 is 0.